The lowest BCUT2D eigenvalue weighted by atomic mass is 10.1. The highest BCUT2D eigenvalue weighted by atomic mass is 16.5. The molecule has 2 amide bonds. The average molecular weight is 955 g/mol. The number of aliphatic imine (C=N–C) groups is 1. The quantitative estimate of drug-likeness (QED) is 0.0342. The van der Waals surface area contributed by atoms with Crippen LogP contribution in [0.4, 0.5) is 28.4 Å². The molecule has 3 N–H and O–H groups in total. The van der Waals surface area contributed by atoms with Gasteiger partial charge in [0.1, 0.15) is 13.2 Å². The van der Waals surface area contributed by atoms with E-state index < -0.39 is 0 Å². The first-order valence-corrected chi connectivity index (χ1v) is 23.6. The van der Waals surface area contributed by atoms with Gasteiger partial charge < -0.3 is 58.9 Å². The van der Waals surface area contributed by atoms with Crippen molar-refractivity contribution in [3.63, 3.8) is 0 Å². The van der Waals surface area contributed by atoms with Gasteiger partial charge in [-0.2, -0.15) is 0 Å². The van der Waals surface area contributed by atoms with E-state index in [0.29, 0.717) is 105 Å². The number of methoxy groups -OCH3 is 3. The highest BCUT2D eigenvalue weighted by molar-refractivity contribution is 6.12. The number of hydrogen-bond acceptors (Lipinski definition) is 14. The number of hydrogen-bond donors (Lipinski definition) is 2. The first kappa shape index (κ1) is 49.3. The van der Waals surface area contributed by atoms with Crippen molar-refractivity contribution in [2.24, 2.45) is 10.7 Å². The number of para-hydroxylation sites is 2. The van der Waals surface area contributed by atoms with Crippen molar-refractivity contribution in [1.82, 2.24) is 0 Å². The Morgan fingerprint density at radius 3 is 2.13 bits per heavy atom. The average Bonchev–Trinajstić information content (AvgIpc) is 3.87. The summed E-state index contributed by atoms with van der Waals surface area (Å²) in [6.45, 7) is 4.05. The van der Waals surface area contributed by atoms with E-state index in [1.807, 2.05) is 72.8 Å². The Labute approximate surface area is 409 Å². The van der Waals surface area contributed by atoms with E-state index in [1.54, 1.807) is 32.4 Å². The van der Waals surface area contributed by atoms with Crippen molar-refractivity contribution in [3.05, 3.63) is 124 Å². The topological polar surface area (TPSA) is 176 Å². The maximum Gasteiger partial charge on any atom is 0.260 e. The van der Waals surface area contributed by atoms with Crippen LogP contribution >= 0.6 is 0 Å². The normalized spacial score (nSPS) is 15.7. The van der Waals surface area contributed by atoms with Gasteiger partial charge in [-0.25, -0.2) is 0 Å². The molecule has 3 aliphatic rings. The third-order valence-electron chi connectivity index (χ3n) is 12.8. The number of carbonyl (C=O) groups excluding carboxylic acids is 3. The van der Waals surface area contributed by atoms with Crippen molar-refractivity contribution >= 4 is 52.8 Å². The van der Waals surface area contributed by atoms with Gasteiger partial charge in [-0.3, -0.25) is 19.4 Å². The molecule has 1 unspecified atom stereocenters. The van der Waals surface area contributed by atoms with Crippen LogP contribution in [0.3, 0.4) is 0 Å². The minimum absolute atomic E-state index is 0.0118. The van der Waals surface area contributed by atoms with Gasteiger partial charge in [0.05, 0.1) is 76.3 Å². The smallest absolute Gasteiger partial charge is 0.260 e. The molecule has 0 aromatic heterocycles. The second-order valence-electron chi connectivity index (χ2n) is 17.4. The maximum atomic E-state index is 14.1. The molecular weight excluding hydrogens is 893 g/mol. The maximum absolute atomic E-state index is 14.1. The lowest BCUT2D eigenvalue weighted by Gasteiger charge is -2.26. The zero-order valence-corrected chi connectivity index (χ0v) is 40.3. The van der Waals surface area contributed by atoms with E-state index in [-0.39, 0.29) is 43.5 Å². The Bertz CT molecular complexity index is 2680. The first-order valence-electron chi connectivity index (χ1n) is 23.6. The number of nitrogens with zero attached hydrogens (tertiary/aromatic N) is 4. The third-order valence-corrected chi connectivity index (χ3v) is 12.8. The van der Waals surface area contributed by atoms with Gasteiger partial charge in [-0.15, -0.1) is 0 Å². The second kappa shape index (κ2) is 23.4. The number of nitrogens with one attached hydrogen (secondary N) is 1. The number of ether oxygens (including phenoxy) is 7. The molecule has 5 aromatic rings. The first-order chi connectivity index (χ1) is 34.2. The Kier molecular flexibility index (Phi) is 16.5. The second-order valence-corrected chi connectivity index (χ2v) is 17.4. The zero-order chi connectivity index (χ0) is 49.0. The fourth-order valence-corrected chi connectivity index (χ4v) is 9.21. The fourth-order valence-electron chi connectivity index (χ4n) is 9.21. The molecule has 70 heavy (non-hydrogen) atoms. The number of aldehydes is 1. The fraction of sp³-hybridized carbons (Fsp3) is 0.370. The van der Waals surface area contributed by atoms with Gasteiger partial charge in [0, 0.05) is 81.2 Å². The minimum Gasteiger partial charge on any atom is -0.493 e. The number of rotatable bonds is 25. The van der Waals surface area contributed by atoms with Crippen molar-refractivity contribution in [3.8, 4) is 23.0 Å². The number of amides is 2. The van der Waals surface area contributed by atoms with Gasteiger partial charge in [0.2, 0.25) is 5.91 Å². The number of likely N-dealkylation sites (N-methyl/N-ethyl adjacent to an activating group) is 1. The van der Waals surface area contributed by atoms with Gasteiger partial charge in [-0.05, 0) is 84.0 Å². The molecule has 0 saturated heterocycles. The molecule has 3 aliphatic heterocycles. The molecular formula is C54H62N6O10. The summed E-state index contributed by atoms with van der Waals surface area (Å²) in [4.78, 5) is 49.4. The summed E-state index contributed by atoms with van der Waals surface area (Å²) in [5.74, 6) is 1.20. The van der Waals surface area contributed by atoms with Crippen LogP contribution in [0.5, 0.6) is 23.0 Å². The van der Waals surface area contributed by atoms with E-state index in [0.717, 1.165) is 52.9 Å². The van der Waals surface area contributed by atoms with Crippen molar-refractivity contribution in [2.45, 2.75) is 51.0 Å². The minimum atomic E-state index is -0.379. The Balaban J connectivity index is 1.06. The lowest BCUT2D eigenvalue weighted by molar-refractivity contribution is -0.118. The Hall–Kier alpha value is -7.14. The summed E-state index contributed by atoms with van der Waals surface area (Å²) in [5.41, 5.74) is 14.5. The van der Waals surface area contributed by atoms with Gasteiger partial charge in [-0.1, -0.05) is 36.4 Å². The van der Waals surface area contributed by atoms with Crippen LogP contribution in [-0.2, 0) is 45.1 Å². The number of fused-ring (bicyclic) bond motifs is 5. The number of benzene rings is 5. The van der Waals surface area contributed by atoms with Gasteiger partial charge >= 0.3 is 0 Å². The van der Waals surface area contributed by atoms with Crippen LogP contribution in [0.25, 0.3) is 0 Å². The molecule has 0 spiro atoms. The summed E-state index contributed by atoms with van der Waals surface area (Å²) >= 11 is 0. The zero-order valence-electron chi connectivity index (χ0n) is 40.3. The van der Waals surface area contributed by atoms with E-state index in [1.165, 1.54) is 12.7 Å². The molecule has 8 rings (SSSR count). The summed E-state index contributed by atoms with van der Waals surface area (Å²) in [7, 11) is 6.76. The highest BCUT2D eigenvalue weighted by Crippen LogP contribution is 2.41. The van der Waals surface area contributed by atoms with Crippen LogP contribution in [0.2, 0.25) is 0 Å². The molecule has 16 nitrogen and oxygen atoms in total. The molecule has 0 aliphatic carbocycles. The molecule has 3 heterocycles. The number of anilines is 4. The summed E-state index contributed by atoms with van der Waals surface area (Å²) in [6, 6.07) is 29.3. The third kappa shape index (κ3) is 11.6. The summed E-state index contributed by atoms with van der Waals surface area (Å²) in [5, 5.41) is 3.51. The van der Waals surface area contributed by atoms with Gasteiger partial charge in [0.25, 0.3) is 5.91 Å². The monoisotopic (exact) mass is 954 g/mol. The molecule has 0 radical (unpaired) electrons. The molecule has 16 heteroatoms. The lowest BCUT2D eigenvalue weighted by Crippen LogP contribution is -2.39. The number of nitrogens with two attached hydrogens (primary N) is 1. The van der Waals surface area contributed by atoms with Crippen molar-refractivity contribution in [2.75, 3.05) is 101 Å². The highest BCUT2D eigenvalue weighted by Gasteiger charge is 2.38. The Morgan fingerprint density at radius 2 is 1.44 bits per heavy atom. The standard InChI is InChI=1S/C54H62N6O10/c1-58-42(25-38-10-5-7-12-47(38)58)31-56-45-29-51(49(65-3)27-40(45)33-61)69-34-36-22-37(24-41(23-36)59(15-9-14-53(55)62)16-17-67-20-21-68-19-18-64-2)35-70-52-30-46-44(28-50(52)66-4)54(63)60-43(32-57-46)26-39-11-6-8-13-48(39)60/h5-8,10-13,22-24,27-31,33,42-43,57H,9,14-21,25-26,32,34-35H2,1-4H3,(H2,55,62)/t42?,43-/m0/s1. The molecule has 0 saturated carbocycles. The van der Waals surface area contributed by atoms with E-state index in [4.69, 9.17) is 43.9 Å². The number of primary amides is 1. The van der Waals surface area contributed by atoms with Crippen LogP contribution in [0.15, 0.2) is 96.0 Å². The van der Waals surface area contributed by atoms with Crippen LogP contribution in [-0.4, -0.2) is 117 Å². The Morgan fingerprint density at radius 1 is 0.786 bits per heavy atom. The van der Waals surface area contributed by atoms with Crippen LogP contribution in [0, 0.1) is 0 Å². The molecule has 0 bridgehead atoms. The summed E-state index contributed by atoms with van der Waals surface area (Å²) in [6.07, 6.45) is 4.94. The molecule has 2 atom stereocenters. The molecule has 0 fully saturated rings. The van der Waals surface area contributed by atoms with Crippen molar-refractivity contribution in [1.29, 1.82) is 0 Å². The van der Waals surface area contributed by atoms with Crippen molar-refractivity contribution < 1.29 is 47.5 Å². The SMILES string of the molecule is COCCOCCOCCN(CCCC(N)=O)c1cc(COc2cc(N=CC3Cc4ccccc4N3C)c(C=O)cc2OC)cc(COc2cc3c(cc2OC)C(=O)N2c4ccccc4C[C@H]2CN3)c1. The van der Waals surface area contributed by atoms with Crippen LogP contribution in [0.1, 0.15) is 55.8 Å². The summed E-state index contributed by atoms with van der Waals surface area (Å²) < 4.78 is 41.3. The van der Waals surface area contributed by atoms with E-state index >= 15 is 0 Å². The van der Waals surface area contributed by atoms with E-state index in [2.05, 4.69) is 33.3 Å². The van der Waals surface area contributed by atoms with Gasteiger partial charge in [0.15, 0.2) is 29.3 Å². The van der Waals surface area contributed by atoms with E-state index in [9.17, 15) is 14.4 Å². The predicted molar refractivity (Wildman–Crippen MR) is 270 cm³/mol. The predicted octanol–water partition coefficient (Wildman–Crippen LogP) is 7.19. The molecule has 368 valence electrons. The molecule has 5 aromatic carbocycles. The number of carbonyl (C=O) groups is 3. The van der Waals surface area contributed by atoms with Crippen LogP contribution < -0.4 is 44.7 Å². The largest absolute Gasteiger partial charge is 0.493 e.